The van der Waals surface area contributed by atoms with Gasteiger partial charge < -0.3 is 19.5 Å². The molecule has 1 aromatic rings. The molecule has 1 fully saturated rings. The standard InChI is InChI=1S/C19H26F2N2O5/c1-18(2,3)28-17(25)23-10-6-9-19(23,4)15(24)22-12-7-8-13(26-5)14(11-12)27-16(20)21/h7-8,11,16H,6,9-10H2,1-5H3,(H,22,24)/t19-/m0/s1. The van der Waals surface area contributed by atoms with Gasteiger partial charge in [0, 0.05) is 18.3 Å². The Morgan fingerprint density at radius 2 is 1.93 bits per heavy atom. The van der Waals surface area contributed by atoms with Gasteiger partial charge in [-0.15, -0.1) is 0 Å². The Hall–Kier alpha value is -2.58. The van der Waals surface area contributed by atoms with Gasteiger partial charge in [0.2, 0.25) is 5.91 Å². The van der Waals surface area contributed by atoms with E-state index in [9.17, 15) is 18.4 Å². The van der Waals surface area contributed by atoms with E-state index in [1.807, 2.05) is 0 Å². The van der Waals surface area contributed by atoms with E-state index in [1.54, 1.807) is 27.7 Å². The summed E-state index contributed by atoms with van der Waals surface area (Å²) in [5.41, 5.74) is -1.56. The number of benzene rings is 1. The normalized spacial score (nSPS) is 19.5. The first kappa shape index (κ1) is 21.7. The molecule has 2 rings (SSSR count). The highest BCUT2D eigenvalue weighted by Crippen LogP contribution is 2.34. The van der Waals surface area contributed by atoms with Gasteiger partial charge in [0.15, 0.2) is 11.5 Å². The van der Waals surface area contributed by atoms with E-state index in [1.165, 1.54) is 30.2 Å². The van der Waals surface area contributed by atoms with E-state index in [2.05, 4.69) is 10.1 Å². The third-order valence-electron chi connectivity index (χ3n) is 4.38. The number of anilines is 1. The lowest BCUT2D eigenvalue weighted by atomic mass is 9.97. The minimum Gasteiger partial charge on any atom is -0.493 e. The zero-order chi connectivity index (χ0) is 21.1. The average Bonchev–Trinajstić information content (AvgIpc) is 2.96. The van der Waals surface area contributed by atoms with Crippen molar-refractivity contribution in [1.82, 2.24) is 4.90 Å². The van der Waals surface area contributed by atoms with Gasteiger partial charge in [0.05, 0.1) is 7.11 Å². The SMILES string of the molecule is COc1ccc(NC(=O)[C@]2(C)CCCN2C(=O)OC(C)(C)C)cc1OC(F)F. The number of hydrogen-bond acceptors (Lipinski definition) is 5. The predicted molar refractivity (Wildman–Crippen MR) is 98.8 cm³/mol. The quantitative estimate of drug-likeness (QED) is 0.808. The molecule has 1 aliphatic rings. The van der Waals surface area contributed by atoms with Crippen LogP contribution < -0.4 is 14.8 Å². The fourth-order valence-electron chi connectivity index (χ4n) is 3.02. The van der Waals surface area contributed by atoms with Crippen LogP contribution in [0.1, 0.15) is 40.5 Å². The first-order valence-corrected chi connectivity index (χ1v) is 8.91. The van der Waals surface area contributed by atoms with E-state index >= 15 is 0 Å². The van der Waals surface area contributed by atoms with Crippen LogP contribution in [0.4, 0.5) is 19.3 Å². The van der Waals surface area contributed by atoms with Gasteiger partial charge in [0.25, 0.3) is 0 Å². The first-order chi connectivity index (χ1) is 13.0. The molecule has 0 saturated carbocycles. The van der Waals surface area contributed by atoms with Crippen LogP contribution in [0.5, 0.6) is 11.5 Å². The maximum Gasteiger partial charge on any atom is 0.411 e. The van der Waals surface area contributed by atoms with Crippen LogP contribution in [-0.2, 0) is 9.53 Å². The highest BCUT2D eigenvalue weighted by Gasteiger charge is 2.47. The molecule has 1 saturated heterocycles. The van der Waals surface area contributed by atoms with Crippen molar-refractivity contribution >= 4 is 17.7 Å². The summed E-state index contributed by atoms with van der Waals surface area (Å²) in [6, 6.07) is 4.17. The summed E-state index contributed by atoms with van der Waals surface area (Å²) in [5, 5.41) is 2.67. The molecular weight excluding hydrogens is 374 g/mol. The number of halogens is 2. The Bertz CT molecular complexity index is 736. The van der Waals surface area contributed by atoms with Crippen LogP contribution in [0, 0.1) is 0 Å². The van der Waals surface area contributed by atoms with Gasteiger partial charge in [-0.3, -0.25) is 9.69 Å². The second-order valence-corrected chi connectivity index (χ2v) is 7.71. The summed E-state index contributed by atoms with van der Waals surface area (Å²) in [7, 11) is 1.32. The van der Waals surface area contributed by atoms with Crippen molar-refractivity contribution < 1.29 is 32.6 Å². The van der Waals surface area contributed by atoms with E-state index in [0.29, 0.717) is 19.4 Å². The molecule has 9 heteroatoms. The predicted octanol–water partition coefficient (Wildman–Crippen LogP) is 4.02. The number of amides is 2. The van der Waals surface area contributed by atoms with Gasteiger partial charge in [-0.1, -0.05) is 0 Å². The van der Waals surface area contributed by atoms with Gasteiger partial charge in [-0.25, -0.2) is 4.79 Å². The van der Waals surface area contributed by atoms with Crippen molar-refractivity contribution in [3.05, 3.63) is 18.2 Å². The summed E-state index contributed by atoms with van der Waals surface area (Å²) in [6.45, 7) is 4.26. The van der Waals surface area contributed by atoms with E-state index in [0.717, 1.165) is 0 Å². The summed E-state index contributed by atoms with van der Waals surface area (Å²) < 4.78 is 40.0. The molecule has 1 N–H and O–H groups in total. The molecule has 1 aliphatic heterocycles. The third-order valence-corrected chi connectivity index (χ3v) is 4.38. The first-order valence-electron chi connectivity index (χ1n) is 8.91. The lowest BCUT2D eigenvalue weighted by molar-refractivity contribution is -0.125. The van der Waals surface area contributed by atoms with Crippen molar-refractivity contribution in [2.75, 3.05) is 19.0 Å². The number of rotatable bonds is 5. The zero-order valence-corrected chi connectivity index (χ0v) is 16.7. The van der Waals surface area contributed by atoms with E-state index in [-0.39, 0.29) is 17.2 Å². The fraction of sp³-hybridized carbons (Fsp3) is 0.579. The monoisotopic (exact) mass is 400 g/mol. The molecule has 28 heavy (non-hydrogen) atoms. The summed E-state index contributed by atoms with van der Waals surface area (Å²) in [6.07, 6.45) is 0.527. The molecule has 156 valence electrons. The molecule has 0 spiro atoms. The van der Waals surface area contributed by atoms with Gasteiger partial charge in [-0.05, 0) is 52.7 Å². The molecule has 7 nitrogen and oxygen atoms in total. The molecule has 1 heterocycles. The van der Waals surface area contributed by atoms with Crippen LogP contribution in [0.2, 0.25) is 0 Å². The average molecular weight is 400 g/mol. The van der Waals surface area contributed by atoms with Crippen molar-refractivity contribution in [2.24, 2.45) is 0 Å². The summed E-state index contributed by atoms with van der Waals surface area (Å²) in [5.74, 6) is -0.527. The molecule has 0 aliphatic carbocycles. The minimum absolute atomic E-state index is 0.112. The van der Waals surface area contributed by atoms with Crippen LogP contribution in [0.3, 0.4) is 0 Å². The fourth-order valence-corrected chi connectivity index (χ4v) is 3.02. The Morgan fingerprint density at radius 3 is 2.50 bits per heavy atom. The zero-order valence-electron chi connectivity index (χ0n) is 16.7. The molecule has 0 unspecified atom stereocenters. The topological polar surface area (TPSA) is 77.1 Å². The number of carbonyl (C=O) groups is 2. The molecule has 0 aromatic heterocycles. The van der Waals surface area contributed by atoms with Gasteiger partial charge in [-0.2, -0.15) is 8.78 Å². The van der Waals surface area contributed by atoms with E-state index < -0.39 is 29.8 Å². The number of nitrogens with zero attached hydrogens (tertiary/aromatic N) is 1. The Kier molecular flexibility index (Phi) is 6.36. The van der Waals surface area contributed by atoms with Gasteiger partial charge in [0.1, 0.15) is 11.1 Å². The highest BCUT2D eigenvalue weighted by molar-refractivity contribution is 6.00. The number of ether oxygens (including phenoxy) is 3. The molecule has 1 atom stereocenters. The minimum atomic E-state index is -3.03. The van der Waals surface area contributed by atoms with Gasteiger partial charge >= 0.3 is 12.7 Å². The molecule has 0 radical (unpaired) electrons. The number of methoxy groups -OCH3 is 1. The van der Waals surface area contributed by atoms with Crippen LogP contribution in [-0.4, -0.2) is 48.3 Å². The van der Waals surface area contributed by atoms with E-state index in [4.69, 9.17) is 9.47 Å². The number of carbonyl (C=O) groups excluding carboxylic acids is 2. The second kappa shape index (κ2) is 8.20. The lowest BCUT2D eigenvalue weighted by Gasteiger charge is -2.35. The van der Waals surface area contributed by atoms with Crippen molar-refractivity contribution in [3.63, 3.8) is 0 Å². The molecular formula is C19H26F2N2O5. The lowest BCUT2D eigenvalue weighted by Crippen LogP contribution is -2.54. The van der Waals surface area contributed by atoms with Crippen LogP contribution >= 0.6 is 0 Å². The molecule has 2 amide bonds. The Labute approximate surface area is 162 Å². The maximum absolute atomic E-state index is 12.9. The number of nitrogens with one attached hydrogen (secondary N) is 1. The molecule has 1 aromatic carbocycles. The number of likely N-dealkylation sites (tertiary alicyclic amines) is 1. The second-order valence-electron chi connectivity index (χ2n) is 7.71. The van der Waals surface area contributed by atoms with Crippen LogP contribution in [0.15, 0.2) is 18.2 Å². The Balaban J connectivity index is 2.19. The third kappa shape index (κ3) is 5.02. The number of hydrogen-bond donors (Lipinski definition) is 1. The summed E-state index contributed by atoms with van der Waals surface area (Å²) in [4.78, 5) is 26.8. The molecule has 0 bridgehead atoms. The van der Waals surface area contributed by atoms with Crippen molar-refractivity contribution in [2.45, 2.75) is 58.3 Å². The number of alkyl halides is 2. The smallest absolute Gasteiger partial charge is 0.411 e. The summed E-state index contributed by atoms with van der Waals surface area (Å²) >= 11 is 0. The maximum atomic E-state index is 12.9. The van der Waals surface area contributed by atoms with Crippen LogP contribution in [0.25, 0.3) is 0 Å². The Morgan fingerprint density at radius 1 is 1.25 bits per heavy atom. The highest BCUT2D eigenvalue weighted by atomic mass is 19.3. The van der Waals surface area contributed by atoms with Crippen molar-refractivity contribution in [1.29, 1.82) is 0 Å². The largest absolute Gasteiger partial charge is 0.493 e. The van der Waals surface area contributed by atoms with Crippen molar-refractivity contribution in [3.8, 4) is 11.5 Å².